The van der Waals surface area contributed by atoms with Crippen LogP contribution in [0.15, 0.2) is 18.2 Å². The molecule has 16 heavy (non-hydrogen) atoms. The number of imidazole rings is 1. The minimum absolute atomic E-state index is 0.289. The van der Waals surface area contributed by atoms with Crippen LogP contribution in [0, 0.1) is 0 Å². The highest BCUT2D eigenvalue weighted by Gasteiger charge is 2.13. The summed E-state index contributed by atoms with van der Waals surface area (Å²) in [5.41, 5.74) is 1.87. The molecule has 84 valence electrons. The number of H-pyrrole nitrogens is 1. The highest BCUT2D eigenvalue weighted by molar-refractivity contribution is 6.17. The van der Waals surface area contributed by atoms with Gasteiger partial charge in [-0.05, 0) is 19.1 Å². The van der Waals surface area contributed by atoms with Crippen molar-refractivity contribution in [2.24, 2.45) is 0 Å². The van der Waals surface area contributed by atoms with Gasteiger partial charge in [0.15, 0.2) is 0 Å². The SMILES string of the molecule is CCOC(=O)c1cccc2[nH]c(CCl)nc12. The topological polar surface area (TPSA) is 55.0 Å². The van der Waals surface area contributed by atoms with Crippen LogP contribution in [-0.2, 0) is 10.6 Å². The Bertz CT molecular complexity index is 522. The molecular formula is C11H11ClN2O2. The van der Waals surface area contributed by atoms with Crippen LogP contribution < -0.4 is 0 Å². The summed E-state index contributed by atoms with van der Waals surface area (Å²) in [4.78, 5) is 18.9. The van der Waals surface area contributed by atoms with Crippen LogP contribution in [0.1, 0.15) is 23.1 Å². The van der Waals surface area contributed by atoms with E-state index < -0.39 is 0 Å². The number of rotatable bonds is 3. The second-order valence-electron chi connectivity index (χ2n) is 3.24. The first-order valence-electron chi connectivity index (χ1n) is 4.97. The van der Waals surface area contributed by atoms with Gasteiger partial charge in [-0.3, -0.25) is 0 Å². The van der Waals surface area contributed by atoms with Gasteiger partial charge in [-0.25, -0.2) is 9.78 Å². The van der Waals surface area contributed by atoms with Crippen molar-refractivity contribution in [1.29, 1.82) is 0 Å². The summed E-state index contributed by atoms with van der Waals surface area (Å²) in [5, 5.41) is 0. The van der Waals surface area contributed by atoms with Gasteiger partial charge >= 0.3 is 5.97 Å². The van der Waals surface area contributed by atoms with Gasteiger partial charge in [-0.15, -0.1) is 11.6 Å². The van der Waals surface area contributed by atoms with E-state index in [-0.39, 0.29) is 11.8 Å². The fraction of sp³-hybridized carbons (Fsp3) is 0.273. The number of nitrogens with zero attached hydrogens (tertiary/aromatic N) is 1. The molecule has 0 saturated heterocycles. The molecule has 0 bridgehead atoms. The van der Waals surface area contributed by atoms with Crippen LogP contribution in [0.3, 0.4) is 0 Å². The van der Waals surface area contributed by atoms with Crippen LogP contribution in [-0.4, -0.2) is 22.5 Å². The first-order chi connectivity index (χ1) is 7.76. The van der Waals surface area contributed by atoms with Gasteiger partial charge < -0.3 is 9.72 Å². The maximum Gasteiger partial charge on any atom is 0.340 e. The van der Waals surface area contributed by atoms with Crippen LogP contribution in [0.2, 0.25) is 0 Å². The van der Waals surface area contributed by atoms with Gasteiger partial charge in [0.2, 0.25) is 0 Å². The molecule has 0 aliphatic carbocycles. The molecule has 0 aliphatic rings. The smallest absolute Gasteiger partial charge is 0.340 e. The van der Waals surface area contributed by atoms with Crippen molar-refractivity contribution in [2.45, 2.75) is 12.8 Å². The molecule has 0 saturated carbocycles. The lowest BCUT2D eigenvalue weighted by atomic mass is 10.2. The molecule has 1 N–H and O–H groups in total. The van der Waals surface area contributed by atoms with E-state index in [2.05, 4.69) is 9.97 Å². The van der Waals surface area contributed by atoms with E-state index in [0.29, 0.717) is 23.5 Å². The predicted octanol–water partition coefficient (Wildman–Crippen LogP) is 2.48. The molecule has 1 aromatic carbocycles. The molecule has 0 atom stereocenters. The van der Waals surface area contributed by atoms with E-state index in [1.54, 1.807) is 19.1 Å². The van der Waals surface area contributed by atoms with Gasteiger partial charge in [0, 0.05) is 0 Å². The number of alkyl halides is 1. The molecule has 0 unspecified atom stereocenters. The zero-order valence-electron chi connectivity index (χ0n) is 8.79. The van der Waals surface area contributed by atoms with E-state index in [4.69, 9.17) is 16.3 Å². The van der Waals surface area contributed by atoms with Crippen LogP contribution in [0.25, 0.3) is 11.0 Å². The molecule has 0 aliphatic heterocycles. The zero-order chi connectivity index (χ0) is 11.5. The molecule has 1 heterocycles. The number of carbonyl (C=O) groups excluding carboxylic acids is 1. The Morgan fingerprint density at radius 3 is 3.06 bits per heavy atom. The second kappa shape index (κ2) is 4.53. The van der Waals surface area contributed by atoms with E-state index in [1.807, 2.05) is 6.07 Å². The molecule has 2 rings (SSSR count). The Morgan fingerprint density at radius 1 is 1.56 bits per heavy atom. The van der Waals surface area contributed by atoms with Gasteiger partial charge in [0.25, 0.3) is 0 Å². The van der Waals surface area contributed by atoms with Crippen molar-refractivity contribution in [3.05, 3.63) is 29.6 Å². The summed E-state index contributed by atoms with van der Waals surface area (Å²) < 4.78 is 4.95. The Hall–Kier alpha value is -1.55. The van der Waals surface area contributed by atoms with E-state index in [9.17, 15) is 4.79 Å². The van der Waals surface area contributed by atoms with Crippen LogP contribution >= 0.6 is 11.6 Å². The van der Waals surface area contributed by atoms with Crippen molar-refractivity contribution >= 4 is 28.6 Å². The third-order valence-electron chi connectivity index (χ3n) is 2.18. The van der Waals surface area contributed by atoms with Gasteiger partial charge in [-0.2, -0.15) is 0 Å². The van der Waals surface area contributed by atoms with Gasteiger partial charge in [0.1, 0.15) is 11.3 Å². The van der Waals surface area contributed by atoms with Gasteiger partial charge in [0.05, 0.1) is 23.6 Å². The van der Waals surface area contributed by atoms with Crippen molar-refractivity contribution < 1.29 is 9.53 Å². The molecule has 0 spiro atoms. The third-order valence-corrected chi connectivity index (χ3v) is 2.44. The molecular weight excluding hydrogens is 228 g/mol. The fourth-order valence-electron chi connectivity index (χ4n) is 1.52. The number of ether oxygens (including phenoxy) is 1. The fourth-order valence-corrected chi connectivity index (χ4v) is 1.65. The normalized spacial score (nSPS) is 10.6. The number of aromatic nitrogens is 2. The van der Waals surface area contributed by atoms with E-state index in [1.165, 1.54) is 0 Å². The largest absolute Gasteiger partial charge is 0.462 e. The minimum atomic E-state index is -0.360. The number of fused-ring (bicyclic) bond motifs is 1. The lowest BCUT2D eigenvalue weighted by Crippen LogP contribution is -2.05. The molecule has 0 radical (unpaired) electrons. The standard InChI is InChI=1S/C11H11ClN2O2/c1-2-16-11(15)7-4-3-5-8-10(7)14-9(6-12)13-8/h3-5H,2,6H2,1H3,(H,13,14). The number of benzene rings is 1. The maximum absolute atomic E-state index is 11.6. The van der Waals surface area contributed by atoms with Crippen LogP contribution in [0.5, 0.6) is 0 Å². The third kappa shape index (κ3) is 1.88. The Kier molecular flexibility index (Phi) is 3.10. The number of aromatic amines is 1. The number of esters is 1. The quantitative estimate of drug-likeness (QED) is 0.660. The molecule has 2 aromatic rings. The average molecular weight is 239 g/mol. The molecule has 5 heteroatoms. The Balaban J connectivity index is 2.52. The second-order valence-corrected chi connectivity index (χ2v) is 3.51. The maximum atomic E-state index is 11.6. The summed E-state index contributed by atoms with van der Waals surface area (Å²) in [6.07, 6.45) is 0. The Labute approximate surface area is 97.6 Å². The summed E-state index contributed by atoms with van der Waals surface area (Å²) in [6, 6.07) is 5.32. The summed E-state index contributed by atoms with van der Waals surface area (Å²) in [7, 11) is 0. The first-order valence-corrected chi connectivity index (χ1v) is 5.50. The summed E-state index contributed by atoms with van der Waals surface area (Å²) >= 11 is 5.68. The number of hydrogen-bond acceptors (Lipinski definition) is 3. The average Bonchev–Trinajstić information content (AvgIpc) is 2.71. The monoisotopic (exact) mass is 238 g/mol. The van der Waals surface area contributed by atoms with Crippen molar-refractivity contribution in [3.63, 3.8) is 0 Å². The predicted molar refractivity (Wildman–Crippen MR) is 61.6 cm³/mol. The van der Waals surface area contributed by atoms with E-state index in [0.717, 1.165) is 5.52 Å². The lowest BCUT2D eigenvalue weighted by molar-refractivity contribution is 0.0528. The number of carbonyl (C=O) groups is 1. The lowest BCUT2D eigenvalue weighted by Gasteiger charge is -2.01. The number of hydrogen-bond donors (Lipinski definition) is 1. The van der Waals surface area contributed by atoms with Crippen molar-refractivity contribution in [2.75, 3.05) is 6.61 Å². The highest BCUT2D eigenvalue weighted by Crippen LogP contribution is 2.18. The minimum Gasteiger partial charge on any atom is -0.462 e. The van der Waals surface area contributed by atoms with Crippen molar-refractivity contribution in [1.82, 2.24) is 9.97 Å². The highest BCUT2D eigenvalue weighted by atomic mass is 35.5. The van der Waals surface area contributed by atoms with E-state index >= 15 is 0 Å². The number of nitrogens with one attached hydrogen (secondary N) is 1. The Morgan fingerprint density at radius 2 is 2.38 bits per heavy atom. The zero-order valence-corrected chi connectivity index (χ0v) is 9.54. The molecule has 4 nitrogen and oxygen atoms in total. The number of halogens is 1. The summed E-state index contributed by atoms with van der Waals surface area (Å²) in [5.74, 6) is 0.575. The molecule has 1 aromatic heterocycles. The molecule has 0 fully saturated rings. The number of para-hydroxylation sites is 1. The summed E-state index contributed by atoms with van der Waals surface area (Å²) in [6.45, 7) is 2.12. The van der Waals surface area contributed by atoms with Crippen LogP contribution in [0.4, 0.5) is 0 Å². The van der Waals surface area contributed by atoms with Crippen molar-refractivity contribution in [3.8, 4) is 0 Å². The first kappa shape index (κ1) is 11.0. The van der Waals surface area contributed by atoms with Gasteiger partial charge in [-0.1, -0.05) is 6.07 Å². The molecule has 0 amide bonds.